The number of thioether (sulfide) groups is 1. The zero-order chi connectivity index (χ0) is 18.5. The fourth-order valence-electron chi connectivity index (χ4n) is 3.39. The fraction of sp³-hybridized carbons (Fsp3) is 0.333. The number of rotatable bonds is 6. The van der Waals surface area contributed by atoms with Crippen LogP contribution in [-0.4, -0.2) is 34.0 Å². The molecule has 1 fully saturated rings. The van der Waals surface area contributed by atoms with Gasteiger partial charge in [0.1, 0.15) is 4.32 Å². The third kappa shape index (κ3) is 4.17. The van der Waals surface area contributed by atoms with Crippen molar-refractivity contribution < 1.29 is 9.53 Å². The van der Waals surface area contributed by atoms with Crippen LogP contribution in [-0.2, 0) is 16.0 Å². The molecule has 1 amide bonds. The van der Waals surface area contributed by atoms with Crippen molar-refractivity contribution >= 4 is 34.2 Å². The lowest BCUT2D eigenvalue weighted by Crippen LogP contribution is -2.44. The predicted octanol–water partition coefficient (Wildman–Crippen LogP) is 4.48. The molecule has 0 N–H and O–H groups in total. The van der Waals surface area contributed by atoms with Crippen molar-refractivity contribution in [3.05, 3.63) is 71.8 Å². The largest absolute Gasteiger partial charge is 0.376 e. The van der Waals surface area contributed by atoms with Crippen LogP contribution in [0.5, 0.6) is 0 Å². The van der Waals surface area contributed by atoms with Crippen molar-refractivity contribution in [2.24, 2.45) is 5.92 Å². The van der Waals surface area contributed by atoms with E-state index >= 15 is 0 Å². The molecule has 1 saturated heterocycles. The first-order chi connectivity index (χ1) is 12.6. The maximum atomic E-state index is 13.3. The summed E-state index contributed by atoms with van der Waals surface area (Å²) in [5, 5.41) is 0. The number of benzene rings is 2. The molecule has 136 valence electrons. The van der Waals surface area contributed by atoms with Gasteiger partial charge >= 0.3 is 0 Å². The van der Waals surface area contributed by atoms with Crippen molar-refractivity contribution in [1.82, 2.24) is 4.90 Å². The molecule has 0 aliphatic carbocycles. The van der Waals surface area contributed by atoms with E-state index in [9.17, 15) is 4.79 Å². The van der Waals surface area contributed by atoms with Gasteiger partial charge in [-0.1, -0.05) is 91.6 Å². The van der Waals surface area contributed by atoms with Crippen molar-refractivity contribution in [2.45, 2.75) is 25.5 Å². The van der Waals surface area contributed by atoms with Gasteiger partial charge in [-0.15, -0.1) is 0 Å². The lowest BCUT2D eigenvalue weighted by atomic mass is 9.95. The van der Waals surface area contributed by atoms with Gasteiger partial charge < -0.3 is 4.74 Å². The van der Waals surface area contributed by atoms with E-state index in [1.807, 2.05) is 60.4 Å². The van der Waals surface area contributed by atoms with Crippen molar-refractivity contribution in [3.63, 3.8) is 0 Å². The molecule has 2 aromatic rings. The van der Waals surface area contributed by atoms with Crippen LogP contribution in [0.3, 0.4) is 0 Å². The van der Waals surface area contributed by atoms with E-state index in [2.05, 4.69) is 12.1 Å². The summed E-state index contributed by atoms with van der Waals surface area (Å²) in [6.45, 7) is 1.93. The Hall–Kier alpha value is -1.69. The summed E-state index contributed by atoms with van der Waals surface area (Å²) in [5.41, 5.74) is 2.23. The highest BCUT2D eigenvalue weighted by molar-refractivity contribution is 8.23. The SMILES string of the molecule is CO[C@H](c1ccccc1)[C@@H](C)C(=O)N1C(=S)SC[C@@H]1Cc1ccccc1. The van der Waals surface area contributed by atoms with Gasteiger partial charge in [0.25, 0.3) is 0 Å². The second-order valence-corrected chi connectivity index (χ2v) is 8.14. The molecule has 1 aliphatic heterocycles. The molecular weight excluding hydrogens is 362 g/mol. The number of carbonyl (C=O) groups excluding carboxylic acids is 1. The Kier molecular flexibility index (Phi) is 6.46. The Labute approximate surface area is 164 Å². The van der Waals surface area contributed by atoms with Gasteiger partial charge in [0.2, 0.25) is 5.91 Å². The molecule has 1 heterocycles. The summed E-state index contributed by atoms with van der Waals surface area (Å²) in [7, 11) is 1.65. The van der Waals surface area contributed by atoms with Gasteiger partial charge in [-0.3, -0.25) is 9.69 Å². The zero-order valence-electron chi connectivity index (χ0n) is 15.0. The first-order valence-corrected chi connectivity index (χ1v) is 10.1. The van der Waals surface area contributed by atoms with E-state index in [0.29, 0.717) is 4.32 Å². The highest BCUT2D eigenvalue weighted by Gasteiger charge is 2.38. The van der Waals surface area contributed by atoms with E-state index in [1.165, 1.54) is 5.56 Å². The maximum Gasteiger partial charge on any atom is 0.234 e. The normalized spacial score (nSPS) is 19.4. The molecule has 0 saturated carbocycles. The maximum absolute atomic E-state index is 13.3. The Morgan fingerprint density at radius 1 is 1.19 bits per heavy atom. The molecule has 3 atom stereocenters. The Morgan fingerprint density at radius 2 is 1.81 bits per heavy atom. The van der Waals surface area contributed by atoms with E-state index in [4.69, 9.17) is 17.0 Å². The Morgan fingerprint density at radius 3 is 2.42 bits per heavy atom. The van der Waals surface area contributed by atoms with E-state index in [1.54, 1.807) is 18.9 Å². The van der Waals surface area contributed by atoms with Crippen LogP contribution in [0.2, 0.25) is 0 Å². The highest BCUT2D eigenvalue weighted by atomic mass is 32.2. The van der Waals surface area contributed by atoms with E-state index in [0.717, 1.165) is 17.7 Å². The number of ether oxygens (including phenoxy) is 1. The van der Waals surface area contributed by atoms with Crippen LogP contribution in [0.4, 0.5) is 0 Å². The fourth-order valence-corrected chi connectivity index (χ4v) is 4.81. The number of amides is 1. The lowest BCUT2D eigenvalue weighted by Gasteiger charge is -2.30. The molecule has 2 aromatic carbocycles. The van der Waals surface area contributed by atoms with Gasteiger partial charge in [-0.2, -0.15) is 0 Å². The summed E-state index contributed by atoms with van der Waals surface area (Å²) < 4.78 is 6.34. The van der Waals surface area contributed by atoms with Crippen LogP contribution in [0.15, 0.2) is 60.7 Å². The van der Waals surface area contributed by atoms with E-state index < -0.39 is 0 Å². The smallest absolute Gasteiger partial charge is 0.234 e. The minimum absolute atomic E-state index is 0.0386. The topological polar surface area (TPSA) is 29.5 Å². The van der Waals surface area contributed by atoms with Gasteiger partial charge in [-0.05, 0) is 17.5 Å². The van der Waals surface area contributed by atoms with Crippen LogP contribution >= 0.6 is 24.0 Å². The van der Waals surface area contributed by atoms with Crippen LogP contribution in [0, 0.1) is 5.92 Å². The standard InChI is InChI=1S/C21H23NO2S2/c1-15(19(24-2)17-11-7-4-8-12-17)20(23)22-18(14-26-21(22)25)13-16-9-5-3-6-10-16/h3-12,15,18-19H,13-14H2,1-2H3/t15-,18+,19+/m1/s1. The van der Waals surface area contributed by atoms with Crippen molar-refractivity contribution in [3.8, 4) is 0 Å². The molecule has 0 unspecified atom stereocenters. The zero-order valence-corrected chi connectivity index (χ0v) is 16.6. The average molecular weight is 386 g/mol. The molecule has 0 bridgehead atoms. The molecule has 1 aliphatic rings. The minimum atomic E-state index is -0.308. The van der Waals surface area contributed by atoms with Crippen molar-refractivity contribution in [2.75, 3.05) is 12.9 Å². The first kappa shape index (κ1) is 19.1. The number of thiocarbonyl (C=S) groups is 1. The van der Waals surface area contributed by atoms with Gasteiger partial charge in [-0.25, -0.2) is 0 Å². The lowest BCUT2D eigenvalue weighted by molar-refractivity contribution is -0.136. The molecular formula is C21H23NO2S2. The third-order valence-electron chi connectivity index (χ3n) is 4.74. The number of hydrogen-bond acceptors (Lipinski definition) is 4. The summed E-state index contributed by atoms with van der Waals surface area (Å²) >= 11 is 7.09. The van der Waals surface area contributed by atoms with Crippen LogP contribution in [0.25, 0.3) is 0 Å². The van der Waals surface area contributed by atoms with Gasteiger partial charge in [0.15, 0.2) is 0 Å². The van der Waals surface area contributed by atoms with Crippen LogP contribution in [0.1, 0.15) is 24.2 Å². The molecule has 0 aromatic heterocycles. The monoisotopic (exact) mass is 385 g/mol. The van der Waals surface area contributed by atoms with Gasteiger partial charge in [0.05, 0.1) is 18.1 Å². The summed E-state index contributed by atoms with van der Waals surface area (Å²) in [6.07, 6.45) is 0.532. The first-order valence-electron chi connectivity index (χ1n) is 8.73. The summed E-state index contributed by atoms with van der Waals surface area (Å²) in [6, 6.07) is 20.2. The second-order valence-electron chi connectivity index (χ2n) is 6.48. The predicted molar refractivity (Wildman–Crippen MR) is 111 cm³/mol. The number of hydrogen-bond donors (Lipinski definition) is 0. The number of carbonyl (C=O) groups is 1. The van der Waals surface area contributed by atoms with Crippen molar-refractivity contribution in [1.29, 1.82) is 0 Å². The highest BCUT2D eigenvalue weighted by Crippen LogP contribution is 2.33. The Bertz CT molecular complexity index is 751. The number of nitrogens with zero attached hydrogens (tertiary/aromatic N) is 1. The van der Waals surface area contributed by atoms with Gasteiger partial charge in [0, 0.05) is 12.9 Å². The summed E-state index contributed by atoms with van der Waals surface area (Å²) in [5.74, 6) is 0.573. The second kappa shape index (κ2) is 8.80. The number of methoxy groups -OCH3 is 1. The van der Waals surface area contributed by atoms with E-state index in [-0.39, 0.29) is 24.0 Å². The summed E-state index contributed by atoms with van der Waals surface area (Å²) in [4.78, 5) is 15.1. The van der Waals surface area contributed by atoms with Crippen LogP contribution < -0.4 is 0 Å². The molecule has 26 heavy (non-hydrogen) atoms. The molecule has 0 radical (unpaired) electrons. The Balaban J connectivity index is 1.78. The molecule has 5 heteroatoms. The molecule has 3 nitrogen and oxygen atoms in total. The molecule has 0 spiro atoms. The molecule has 3 rings (SSSR count). The average Bonchev–Trinajstić information content (AvgIpc) is 3.03. The quantitative estimate of drug-likeness (QED) is 0.686. The third-order valence-corrected chi connectivity index (χ3v) is 6.28. The minimum Gasteiger partial charge on any atom is -0.376 e.